The molecule has 0 unspecified atom stereocenters. The standard InChI is InChI=1S/C29H28F3N3O4/c1-19-3-5-20(6-4-19)17-34-18-26(25-15-23(35(37)38)11-12-27(25)34)24(16-28(36)33-13-14-39-2)21-7-9-22(10-8-21)29(30,31)32/h3-12,15,18,24H,13-14,16-17H2,1-2H3,(H,33,36)/t24-/m1/s1. The van der Waals surface area contributed by atoms with Crippen LogP contribution in [0, 0.1) is 17.0 Å². The third kappa shape index (κ3) is 6.64. The summed E-state index contributed by atoms with van der Waals surface area (Å²) in [5.41, 5.74) is 3.01. The molecular weight excluding hydrogens is 511 g/mol. The highest BCUT2D eigenvalue weighted by Gasteiger charge is 2.31. The lowest BCUT2D eigenvalue weighted by molar-refractivity contribution is -0.384. The van der Waals surface area contributed by atoms with Crippen LogP contribution in [0.1, 0.15) is 40.2 Å². The molecule has 0 fully saturated rings. The number of carbonyl (C=O) groups is 1. The number of nitro benzene ring substituents is 1. The van der Waals surface area contributed by atoms with Crippen molar-refractivity contribution in [2.75, 3.05) is 20.3 Å². The Balaban J connectivity index is 1.83. The zero-order chi connectivity index (χ0) is 28.2. The molecule has 0 aliphatic heterocycles. The van der Waals surface area contributed by atoms with Crippen molar-refractivity contribution in [3.05, 3.63) is 111 Å². The number of methoxy groups -OCH3 is 1. The number of aryl methyl sites for hydroxylation is 1. The highest BCUT2D eigenvalue weighted by atomic mass is 19.4. The normalized spacial score (nSPS) is 12.4. The van der Waals surface area contributed by atoms with Crippen LogP contribution < -0.4 is 5.32 Å². The third-order valence-corrected chi connectivity index (χ3v) is 6.61. The number of alkyl halides is 3. The summed E-state index contributed by atoms with van der Waals surface area (Å²) in [4.78, 5) is 24.0. The molecular formula is C29H28F3N3O4. The van der Waals surface area contributed by atoms with E-state index in [-0.39, 0.29) is 24.6 Å². The lowest BCUT2D eigenvalue weighted by Gasteiger charge is -2.18. The molecule has 1 aromatic heterocycles. The number of nitrogens with one attached hydrogen (secondary N) is 1. The molecule has 1 amide bonds. The van der Waals surface area contributed by atoms with Gasteiger partial charge in [0.25, 0.3) is 5.69 Å². The van der Waals surface area contributed by atoms with Crippen molar-refractivity contribution in [1.82, 2.24) is 9.88 Å². The molecule has 0 saturated carbocycles. The van der Waals surface area contributed by atoms with Gasteiger partial charge < -0.3 is 14.6 Å². The van der Waals surface area contributed by atoms with Crippen LogP contribution >= 0.6 is 0 Å². The van der Waals surface area contributed by atoms with Gasteiger partial charge in [-0.3, -0.25) is 14.9 Å². The van der Waals surface area contributed by atoms with E-state index >= 15 is 0 Å². The highest BCUT2D eigenvalue weighted by Crippen LogP contribution is 2.38. The van der Waals surface area contributed by atoms with Gasteiger partial charge in [-0.2, -0.15) is 13.2 Å². The molecule has 7 nitrogen and oxygen atoms in total. The zero-order valence-corrected chi connectivity index (χ0v) is 21.5. The number of amides is 1. The molecule has 10 heteroatoms. The first kappa shape index (κ1) is 27.8. The Kier molecular flexibility index (Phi) is 8.35. The number of hydrogen-bond acceptors (Lipinski definition) is 4. The Morgan fingerprint density at radius 2 is 1.77 bits per heavy atom. The van der Waals surface area contributed by atoms with E-state index in [4.69, 9.17) is 4.74 Å². The number of nitrogens with zero attached hydrogens (tertiary/aromatic N) is 2. The molecule has 204 valence electrons. The summed E-state index contributed by atoms with van der Waals surface area (Å²) in [6, 6.07) is 17.2. The van der Waals surface area contributed by atoms with E-state index < -0.39 is 22.6 Å². The lowest BCUT2D eigenvalue weighted by Crippen LogP contribution is -2.28. The second kappa shape index (κ2) is 11.7. The Morgan fingerprint density at radius 1 is 1.08 bits per heavy atom. The number of rotatable bonds is 10. The Morgan fingerprint density at radius 3 is 2.38 bits per heavy atom. The van der Waals surface area contributed by atoms with Crippen LogP contribution in [0.4, 0.5) is 18.9 Å². The largest absolute Gasteiger partial charge is 0.416 e. The van der Waals surface area contributed by atoms with Crippen molar-refractivity contribution < 1.29 is 27.6 Å². The Bertz CT molecular complexity index is 1460. The van der Waals surface area contributed by atoms with Gasteiger partial charge in [0.2, 0.25) is 5.91 Å². The van der Waals surface area contributed by atoms with Gasteiger partial charge in [-0.25, -0.2) is 0 Å². The maximum absolute atomic E-state index is 13.2. The molecule has 4 rings (SSSR count). The van der Waals surface area contributed by atoms with E-state index in [1.54, 1.807) is 6.07 Å². The number of hydrogen-bond donors (Lipinski definition) is 1. The minimum absolute atomic E-state index is 0.0680. The van der Waals surface area contributed by atoms with Crippen LogP contribution in [0.5, 0.6) is 0 Å². The van der Waals surface area contributed by atoms with Gasteiger partial charge in [0.15, 0.2) is 0 Å². The summed E-state index contributed by atoms with van der Waals surface area (Å²) in [6.45, 7) is 3.03. The molecule has 3 aromatic carbocycles. The number of carbonyl (C=O) groups excluding carboxylic acids is 1. The van der Waals surface area contributed by atoms with E-state index in [2.05, 4.69) is 5.32 Å². The topological polar surface area (TPSA) is 86.4 Å². The molecule has 39 heavy (non-hydrogen) atoms. The molecule has 1 atom stereocenters. The fourth-order valence-corrected chi connectivity index (χ4v) is 4.59. The molecule has 4 aromatic rings. The van der Waals surface area contributed by atoms with Gasteiger partial charge in [0, 0.05) is 61.8 Å². The summed E-state index contributed by atoms with van der Waals surface area (Å²) >= 11 is 0. The zero-order valence-electron chi connectivity index (χ0n) is 21.5. The average molecular weight is 540 g/mol. The van der Waals surface area contributed by atoms with Crippen molar-refractivity contribution in [3.8, 4) is 0 Å². The number of benzene rings is 3. The molecule has 0 aliphatic rings. The van der Waals surface area contributed by atoms with Crippen molar-refractivity contribution in [2.45, 2.75) is 32.0 Å². The quantitative estimate of drug-likeness (QED) is 0.148. The molecule has 0 spiro atoms. The first-order valence-electron chi connectivity index (χ1n) is 12.3. The highest BCUT2D eigenvalue weighted by molar-refractivity contribution is 5.88. The van der Waals surface area contributed by atoms with Gasteiger partial charge in [-0.15, -0.1) is 0 Å². The number of ether oxygens (including phenoxy) is 1. The van der Waals surface area contributed by atoms with E-state index in [0.717, 1.165) is 23.3 Å². The number of nitro groups is 1. The lowest BCUT2D eigenvalue weighted by atomic mass is 9.87. The maximum atomic E-state index is 13.2. The van der Waals surface area contributed by atoms with Crippen LogP contribution in [-0.2, 0) is 22.3 Å². The first-order chi connectivity index (χ1) is 18.6. The van der Waals surface area contributed by atoms with Crippen molar-refractivity contribution >= 4 is 22.5 Å². The molecule has 1 N–H and O–H groups in total. The van der Waals surface area contributed by atoms with E-state index in [1.165, 1.54) is 31.4 Å². The average Bonchev–Trinajstić information content (AvgIpc) is 3.25. The first-order valence-corrected chi connectivity index (χ1v) is 12.3. The second-order valence-corrected chi connectivity index (χ2v) is 9.38. The molecule has 0 aliphatic carbocycles. The second-order valence-electron chi connectivity index (χ2n) is 9.38. The SMILES string of the molecule is COCCNC(=O)C[C@H](c1ccc(C(F)(F)F)cc1)c1cn(Cc2ccc(C)cc2)c2ccc([N+](=O)[O-])cc12. The van der Waals surface area contributed by atoms with Crippen molar-refractivity contribution in [2.24, 2.45) is 0 Å². The minimum atomic E-state index is -4.50. The van der Waals surface area contributed by atoms with Gasteiger partial charge in [0.1, 0.15) is 0 Å². The Hall–Kier alpha value is -4.18. The maximum Gasteiger partial charge on any atom is 0.416 e. The summed E-state index contributed by atoms with van der Waals surface area (Å²) in [7, 11) is 1.51. The predicted octanol–water partition coefficient (Wildman–Crippen LogP) is 6.21. The number of halogens is 3. The van der Waals surface area contributed by atoms with Crippen LogP contribution in [0.15, 0.2) is 72.9 Å². The molecule has 0 radical (unpaired) electrons. The number of non-ortho nitro benzene ring substituents is 1. The fraction of sp³-hybridized carbons (Fsp3) is 0.276. The van der Waals surface area contributed by atoms with E-state index in [1.807, 2.05) is 42.0 Å². The summed E-state index contributed by atoms with van der Waals surface area (Å²) in [5.74, 6) is -0.972. The van der Waals surface area contributed by atoms with Crippen molar-refractivity contribution in [1.29, 1.82) is 0 Å². The van der Waals surface area contributed by atoms with Gasteiger partial charge in [-0.1, -0.05) is 42.0 Å². The van der Waals surface area contributed by atoms with Crippen molar-refractivity contribution in [3.63, 3.8) is 0 Å². The Labute approximate surface area is 223 Å². The van der Waals surface area contributed by atoms with Gasteiger partial charge in [0.05, 0.1) is 17.1 Å². The van der Waals surface area contributed by atoms with Gasteiger partial charge in [-0.05, 0) is 41.8 Å². The minimum Gasteiger partial charge on any atom is -0.383 e. The summed E-state index contributed by atoms with van der Waals surface area (Å²) < 4.78 is 46.7. The van der Waals surface area contributed by atoms with E-state index in [9.17, 15) is 28.1 Å². The summed E-state index contributed by atoms with van der Waals surface area (Å²) in [5, 5.41) is 14.9. The summed E-state index contributed by atoms with van der Waals surface area (Å²) in [6.07, 6.45) is -2.74. The van der Waals surface area contributed by atoms with Crippen LogP contribution in [0.2, 0.25) is 0 Å². The molecule has 1 heterocycles. The van der Waals surface area contributed by atoms with E-state index in [0.29, 0.717) is 35.2 Å². The van der Waals surface area contributed by atoms with Gasteiger partial charge >= 0.3 is 6.18 Å². The number of aromatic nitrogens is 1. The third-order valence-electron chi connectivity index (χ3n) is 6.61. The van der Waals surface area contributed by atoms with Crippen LogP contribution in [-0.4, -0.2) is 35.7 Å². The smallest absolute Gasteiger partial charge is 0.383 e. The van der Waals surface area contributed by atoms with Crippen LogP contribution in [0.25, 0.3) is 10.9 Å². The predicted molar refractivity (Wildman–Crippen MR) is 142 cm³/mol. The monoisotopic (exact) mass is 539 g/mol. The fourth-order valence-electron chi connectivity index (χ4n) is 4.59. The molecule has 0 saturated heterocycles. The van der Waals surface area contributed by atoms with Crippen LogP contribution in [0.3, 0.4) is 0 Å². The molecule has 0 bridgehead atoms. The number of fused-ring (bicyclic) bond motifs is 1.